The van der Waals surface area contributed by atoms with Crippen molar-refractivity contribution in [2.45, 2.75) is 6.42 Å². The van der Waals surface area contributed by atoms with Gasteiger partial charge in [-0.05, 0) is 44.3 Å². The van der Waals surface area contributed by atoms with Crippen molar-refractivity contribution in [2.75, 3.05) is 25.5 Å². The topological polar surface area (TPSA) is 65.6 Å². The Labute approximate surface area is 101 Å². The number of hydrogen-bond acceptors (Lipinski definition) is 4. The van der Waals surface area contributed by atoms with E-state index in [0.29, 0.717) is 0 Å². The average molecular weight is 231 g/mol. The van der Waals surface area contributed by atoms with Crippen LogP contribution in [0.3, 0.4) is 0 Å². The number of aromatic nitrogens is 3. The van der Waals surface area contributed by atoms with Crippen LogP contribution in [0.4, 0.5) is 5.82 Å². The fraction of sp³-hybridized carbons (Fsp3) is 0.333. The van der Waals surface area contributed by atoms with Crippen LogP contribution in [0, 0.1) is 0 Å². The zero-order chi connectivity index (χ0) is 11.9. The quantitative estimate of drug-likeness (QED) is 0.659. The fourth-order valence-electron chi connectivity index (χ4n) is 1.54. The van der Waals surface area contributed by atoms with Crippen LogP contribution < -0.4 is 10.6 Å². The summed E-state index contributed by atoms with van der Waals surface area (Å²) in [6, 6.07) is 7.83. The summed E-state index contributed by atoms with van der Waals surface area (Å²) in [5.41, 5.74) is 1.84. The van der Waals surface area contributed by atoms with Crippen molar-refractivity contribution in [1.29, 1.82) is 0 Å². The van der Waals surface area contributed by atoms with Crippen LogP contribution in [0.5, 0.6) is 0 Å². The van der Waals surface area contributed by atoms with Gasteiger partial charge in [-0.2, -0.15) is 0 Å². The summed E-state index contributed by atoms with van der Waals surface area (Å²) in [5.74, 6) is 0.816. The highest BCUT2D eigenvalue weighted by Gasteiger charge is 2.00. The maximum absolute atomic E-state index is 4.16. The monoisotopic (exact) mass is 231 g/mol. The molecule has 0 fully saturated rings. The molecule has 0 unspecified atom stereocenters. The van der Waals surface area contributed by atoms with Crippen molar-refractivity contribution in [1.82, 2.24) is 20.5 Å². The number of rotatable bonds is 6. The highest BCUT2D eigenvalue weighted by atomic mass is 15.2. The molecule has 0 amide bonds. The molecular weight excluding hydrogens is 214 g/mol. The van der Waals surface area contributed by atoms with Crippen molar-refractivity contribution in [2.24, 2.45) is 0 Å². The van der Waals surface area contributed by atoms with Gasteiger partial charge in [-0.25, -0.2) is 0 Å². The Kier molecular flexibility index (Phi) is 4.10. The summed E-state index contributed by atoms with van der Waals surface area (Å²) in [4.78, 5) is 3.10. The molecule has 2 heterocycles. The SMILES string of the molecule is CNCCCNc1ccc(-c2ccc[nH]2)nn1. The van der Waals surface area contributed by atoms with Crippen molar-refractivity contribution in [3.63, 3.8) is 0 Å². The van der Waals surface area contributed by atoms with Crippen LogP contribution in [0.2, 0.25) is 0 Å². The van der Waals surface area contributed by atoms with E-state index >= 15 is 0 Å². The zero-order valence-corrected chi connectivity index (χ0v) is 9.90. The number of aromatic amines is 1. The van der Waals surface area contributed by atoms with E-state index in [-0.39, 0.29) is 0 Å². The Morgan fingerprint density at radius 3 is 2.76 bits per heavy atom. The van der Waals surface area contributed by atoms with Crippen LogP contribution in [-0.2, 0) is 0 Å². The van der Waals surface area contributed by atoms with Gasteiger partial charge in [-0.3, -0.25) is 0 Å². The van der Waals surface area contributed by atoms with Gasteiger partial charge in [0.15, 0.2) is 0 Å². The summed E-state index contributed by atoms with van der Waals surface area (Å²) < 4.78 is 0. The molecule has 0 bridgehead atoms. The Morgan fingerprint density at radius 2 is 2.12 bits per heavy atom. The second-order valence-electron chi connectivity index (χ2n) is 3.77. The highest BCUT2D eigenvalue weighted by Crippen LogP contribution is 2.13. The maximum Gasteiger partial charge on any atom is 0.148 e. The number of anilines is 1. The molecule has 0 radical (unpaired) electrons. The smallest absolute Gasteiger partial charge is 0.148 e. The zero-order valence-electron chi connectivity index (χ0n) is 9.90. The minimum absolute atomic E-state index is 0.816. The molecule has 0 aliphatic carbocycles. The van der Waals surface area contributed by atoms with E-state index < -0.39 is 0 Å². The lowest BCUT2D eigenvalue weighted by molar-refractivity contribution is 0.746. The number of nitrogens with one attached hydrogen (secondary N) is 3. The molecule has 2 rings (SSSR count). The Bertz CT molecular complexity index is 421. The molecule has 0 spiro atoms. The summed E-state index contributed by atoms with van der Waals surface area (Å²) >= 11 is 0. The van der Waals surface area contributed by atoms with Crippen molar-refractivity contribution >= 4 is 5.82 Å². The van der Waals surface area contributed by atoms with Crippen LogP contribution in [0.1, 0.15) is 6.42 Å². The van der Waals surface area contributed by atoms with Gasteiger partial charge in [0, 0.05) is 12.7 Å². The summed E-state index contributed by atoms with van der Waals surface area (Å²) in [7, 11) is 1.95. The predicted molar refractivity (Wildman–Crippen MR) is 68.9 cm³/mol. The van der Waals surface area contributed by atoms with Crippen LogP contribution in [0.25, 0.3) is 11.4 Å². The maximum atomic E-state index is 4.16. The molecule has 0 aliphatic heterocycles. The average Bonchev–Trinajstić information content (AvgIpc) is 2.89. The molecule has 0 aliphatic rings. The molecule has 0 saturated carbocycles. The van der Waals surface area contributed by atoms with Crippen molar-refractivity contribution in [3.8, 4) is 11.4 Å². The van der Waals surface area contributed by atoms with Gasteiger partial charge in [-0.15, -0.1) is 10.2 Å². The minimum Gasteiger partial charge on any atom is -0.369 e. The third-order valence-corrected chi connectivity index (χ3v) is 2.45. The van der Waals surface area contributed by atoms with E-state index in [9.17, 15) is 0 Å². The Hall–Kier alpha value is -1.88. The normalized spacial score (nSPS) is 10.4. The molecule has 2 aromatic heterocycles. The van der Waals surface area contributed by atoms with E-state index in [4.69, 9.17) is 0 Å². The largest absolute Gasteiger partial charge is 0.369 e. The second kappa shape index (κ2) is 6.00. The molecule has 0 aromatic carbocycles. The second-order valence-corrected chi connectivity index (χ2v) is 3.77. The first-order valence-corrected chi connectivity index (χ1v) is 5.76. The molecule has 5 nitrogen and oxygen atoms in total. The molecule has 17 heavy (non-hydrogen) atoms. The summed E-state index contributed by atoms with van der Waals surface area (Å²) in [6.45, 7) is 1.90. The van der Waals surface area contributed by atoms with Gasteiger partial charge in [-0.1, -0.05) is 0 Å². The molecule has 0 atom stereocenters. The van der Waals surface area contributed by atoms with E-state index in [2.05, 4.69) is 25.8 Å². The highest BCUT2D eigenvalue weighted by molar-refractivity contribution is 5.54. The van der Waals surface area contributed by atoms with Gasteiger partial charge in [0.2, 0.25) is 0 Å². The van der Waals surface area contributed by atoms with Crippen LogP contribution in [0.15, 0.2) is 30.5 Å². The first-order valence-electron chi connectivity index (χ1n) is 5.76. The van der Waals surface area contributed by atoms with Crippen molar-refractivity contribution in [3.05, 3.63) is 30.5 Å². The molecule has 90 valence electrons. The lowest BCUT2D eigenvalue weighted by atomic mass is 10.3. The molecule has 5 heteroatoms. The summed E-state index contributed by atoms with van der Waals surface area (Å²) in [5, 5.41) is 14.6. The fourth-order valence-corrected chi connectivity index (χ4v) is 1.54. The predicted octanol–water partition coefficient (Wildman–Crippen LogP) is 1.49. The molecule has 0 saturated heterocycles. The Morgan fingerprint density at radius 1 is 1.18 bits per heavy atom. The van der Waals surface area contributed by atoms with Gasteiger partial charge < -0.3 is 15.6 Å². The van der Waals surface area contributed by atoms with Crippen LogP contribution in [-0.4, -0.2) is 35.3 Å². The Balaban J connectivity index is 1.90. The molecule has 3 N–H and O–H groups in total. The van der Waals surface area contributed by atoms with Gasteiger partial charge in [0.1, 0.15) is 11.5 Å². The first-order chi connectivity index (χ1) is 8.40. The third-order valence-electron chi connectivity index (χ3n) is 2.45. The lowest BCUT2D eigenvalue weighted by Gasteiger charge is -2.04. The van der Waals surface area contributed by atoms with Gasteiger partial charge >= 0.3 is 0 Å². The van der Waals surface area contributed by atoms with Crippen molar-refractivity contribution < 1.29 is 0 Å². The number of H-pyrrole nitrogens is 1. The summed E-state index contributed by atoms with van der Waals surface area (Å²) in [6.07, 6.45) is 2.94. The molecular formula is C12H17N5. The number of hydrogen-bond donors (Lipinski definition) is 3. The third kappa shape index (κ3) is 3.29. The lowest BCUT2D eigenvalue weighted by Crippen LogP contribution is -2.13. The molecule has 2 aromatic rings. The van der Waals surface area contributed by atoms with E-state index in [1.165, 1.54) is 0 Å². The minimum atomic E-state index is 0.816. The number of nitrogens with zero attached hydrogens (tertiary/aromatic N) is 2. The van der Waals surface area contributed by atoms with Gasteiger partial charge in [0.05, 0.1) is 5.69 Å². The van der Waals surface area contributed by atoms with E-state index in [1.54, 1.807) is 0 Å². The van der Waals surface area contributed by atoms with E-state index in [1.807, 2.05) is 37.5 Å². The first kappa shape index (κ1) is 11.6. The van der Waals surface area contributed by atoms with Gasteiger partial charge in [0.25, 0.3) is 0 Å². The van der Waals surface area contributed by atoms with E-state index in [0.717, 1.165) is 36.7 Å². The standard InChI is InChI=1S/C12H17N5/c1-13-7-3-9-15-12-6-5-11(16-17-12)10-4-2-8-14-10/h2,4-6,8,13-14H,3,7,9H2,1H3,(H,15,17). The van der Waals surface area contributed by atoms with Crippen LogP contribution >= 0.6 is 0 Å².